The quantitative estimate of drug-likeness (QED) is 0.607. The molecule has 1 aromatic carbocycles. The smallest absolute Gasteiger partial charge is 0.270 e. The SMILES string of the molecule is CNC(=O)c1ccc2c(=O)[nH][nH]c(=O)c2c1. The van der Waals surface area contributed by atoms with Gasteiger partial charge >= 0.3 is 0 Å². The zero-order chi connectivity index (χ0) is 11.7. The van der Waals surface area contributed by atoms with Crippen LogP contribution in [0.1, 0.15) is 10.4 Å². The number of benzene rings is 1. The van der Waals surface area contributed by atoms with Crippen LogP contribution in [0.5, 0.6) is 0 Å². The highest BCUT2D eigenvalue weighted by atomic mass is 16.2. The van der Waals surface area contributed by atoms with E-state index < -0.39 is 11.1 Å². The normalized spacial score (nSPS) is 10.3. The first-order chi connectivity index (χ1) is 7.63. The molecule has 0 aliphatic carbocycles. The zero-order valence-corrected chi connectivity index (χ0v) is 8.46. The second-order valence-corrected chi connectivity index (χ2v) is 3.25. The van der Waals surface area contributed by atoms with Crippen molar-refractivity contribution < 1.29 is 4.79 Å². The summed E-state index contributed by atoms with van der Waals surface area (Å²) in [6.07, 6.45) is 0. The molecule has 0 aliphatic rings. The van der Waals surface area contributed by atoms with Crippen LogP contribution >= 0.6 is 0 Å². The molecule has 3 N–H and O–H groups in total. The van der Waals surface area contributed by atoms with Gasteiger partial charge in [-0.05, 0) is 18.2 Å². The van der Waals surface area contributed by atoms with Crippen molar-refractivity contribution in [2.45, 2.75) is 0 Å². The molecule has 6 heteroatoms. The third kappa shape index (κ3) is 1.50. The van der Waals surface area contributed by atoms with E-state index in [4.69, 9.17) is 0 Å². The minimum Gasteiger partial charge on any atom is -0.355 e. The summed E-state index contributed by atoms with van der Waals surface area (Å²) in [5.41, 5.74) is -0.482. The predicted molar refractivity (Wildman–Crippen MR) is 58.6 cm³/mol. The lowest BCUT2D eigenvalue weighted by Crippen LogP contribution is -2.21. The van der Waals surface area contributed by atoms with E-state index in [2.05, 4.69) is 15.5 Å². The van der Waals surface area contributed by atoms with E-state index in [1.54, 1.807) is 0 Å². The molecule has 82 valence electrons. The van der Waals surface area contributed by atoms with Crippen LogP contribution in [-0.2, 0) is 0 Å². The van der Waals surface area contributed by atoms with Gasteiger partial charge in [0.25, 0.3) is 17.0 Å². The Bertz CT molecular complexity index is 669. The number of carbonyl (C=O) groups excluding carboxylic acids is 1. The van der Waals surface area contributed by atoms with Crippen LogP contribution in [0.25, 0.3) is 10.8 Å². The number of rotatable bonds is 1. The summed E-state index contributed by atoms with van der Waals surface area (Å²) in [4.78, 5) is 34.1. The molecular formula is C10H9N3O3. The fraction of sp³-hybridized carbons (Fsp3) is 0.100. The molecule has 0 saturated carbocycles. The third-order valence-electron chi connectivity index (χ3n) is 2.29. The van der Waals surface area contributed by atoms with Gasteiger partial charge in [0, 0.05) is 12.6 Å². The number of carbonyl (C=O) groups is 1. The standard InChI is InChI=1S/C10H9N3O3/c1-11-8(14)5-2-3-6-7(4-5)10(16)13-12-9(6)15/h2-4H,1H3,(H,11,14)(H,12,15)(H,13,16). The summed E-state index contributed by atoms with van der Waals surface area (Å²) in [7, 11) is 1.49. The predicted octanol–water partition coefficient (Wildman–Crippen LogP) is -0.424. The van der Waals surface area contributed by atoms with E-state index in [0.717, 1.165) is 0 Å². The van der Waals surface area contributed by atoms with E-state index in [0.29, 0.717) is 5.56 Å². The Balaban J connectivity index is 2.81. The maximum Gasteiger partial charge on any atom is 0.270 e. The summed E-state index contributed by atoms with van der Waals surface area (Å²) < 4.78 is 0. The molecule has 0 radical (unpaired) electrons. The summed E-state index contributed by atoms with van der Waals surface area (Å²) in [5, 5.41) is 7.32. The average molecular weight is 219 g/mol. The summed E-state index contributed by atoms with van der Waals surface area (Å²) in [6, 6.07) is 4.34. The van der Waals surface area contributed by atoms with E-state index in [1.165, 1.54) is 25.2 Å². The minimum absolute atomic E-state index is 0.199. The van der Waals surface area contributed by atoms with Gasteiger partial charge < -0.3 is 5.32 Å². The summed E-state index contributed by atoms with van der Waals surface area (Å²) in [5.74, 6) is -0.304. The van der Waals surface area contributed by atoms with Crippen molar-refractivity contribution in [3.8, 4) is 0 Å². The Hall–Kier alpha value is -2.37. The molecule has 0 aliphatic heterocycles. The number of nitrogens with one attached hydrogen (secondary N) is 3. The highest BCUT2D eigenvalue weighted by molar-refractivity contribution is 5.98. The van der Waals surface area contributed by atoms with Crippen molar-refractivity contribution in [3.05, 3.63) is 44.5 Å². The molecule has 2 aromatic rings. The lowest BCUT2D eigenvalue weighted by Gasteiger charge is -2.00. The number of aromatic nitrogens is 2. The molecule has 1 heterocycles. The molecule has 0 fully saturated rings. The molecule has 0 atom stereocenters. The van der Waals surface area contributed by atoms with Gasteiger partial charge in [-0.1, -0.05) is 0 Å². The van der Waals surface area contributed by atoms with E-state index >= 15 is 0 Å². The van der Waals surface area contributed by atoms with Gasteiger partial charge in [0.1, 0.15) is 0 Å². The Labute approximate surface area is 89.3 Å². The molecule has 6 nitrogen and oxygen atoms in total. The largest absolute Gasteiger partial charge is 0.355 e. The highest BCUT2D eigenvalue weighted by Crippen LogP contribution is 2.07. The molecule has 0 bridgehead atoms. The van der Waals surface area contributed by atoms with Crippen molar-refractivity contribution >= 4 is 16.7 Å². The van der Waals surface area contributed by atoms with Crippen molar-refractivity contribution in [1.29, 1.82) is 0 Å². The number of H-pyrrole nitrogens is 2. The van der Waals surface area contributed by atoms with E-state index in [9.17, 15) is 14.4 Å². The molecule has 2 rings (SSSR count). The summed E-state index contributed by atoms with van der Waals surface area (Å²) >= 11 is 0. The van der Waals surface area contributed by atoms with Crippen LogP contribution in [-0.4, -0.2) is 23.2 Å². The van der Waals surface area contributed by atoms with Gasteiger partial charge in [0.15, 0.2) is 0 Å². The van der Waals surface area contributed by atoms with Crippen LogP contribution < -0.4 is 16.4 Å². The second-order valence-electron chi connectivity index (χ2n) is 3.25. The fourth-order valence-electron chi connectivity index (χ4n) is 1.46. The van der Waals surface area contributed by atoms with Crippen LogP contribution in [0.2, 0.25) is 0 Å². The average Bonchev–Trinajstić information content (AvgIpc) is 2.32. The first kappa shape index (κ1) is 10.2. The second kappa shape index (κ2) is 3.65. The Morgan fingerprint density at radius 2 is 1.75 bits per heavy atom. The maximum absolute atomic E-state index is 11.4. The van der Waals surface area contributed by atoms with Crippen molar-refractivity contribution in [1.82, 2.24) is 15.5 Å². The number of hydrogen-bond acceptors (Lipinski definition) is 3. The highest BCUT2D eigenvalue weighted by Gasteiger charge is 2.07. The number of aromatic amines is 2. The monoisotopic (exact) mass is 219 g/mol. The van der Waals surface area contributed by atoms with E-state index in [-0.39, 0.29) is 16.7 Å². The van der Waals surface area contributed by atoms with Crippen molar-refractivity contribution in [2.75, 3.05) is 7.05 Å². The number of hydrogen-bond donors (Lipinski definition) is 3. The first-order valence-corrected chi connectivity index (χ1v) is 4.60. The summed E-state index contributed by atoms with van der Waals surface area (Å²) in [6.45, 7) is 0. The molecule has 16 heavy (non-hydrogen) atoms. The number of amides is 1. The molecule has 0 spiro atoms. The topological polar surface area (TPSA) is 94.8 Å². The molecule has 1 aromatic heterocycles. The Morgan fingerprint density at radius 1 is 1.12 bits per heavy atom. The Morgan fingerprint density at radius 3 is 2.38 bits per heavy atom. The van der Waals surface area contributed by atoms with Crippen LogP contribution in [0, 0.1) is 0 Å². The van der Waals surface area contributed by atoms with E-state index in [1.807, 2.05) is 0 Å². The lowest BCUT2D eigenvalue weighted by molar-refractivity contribution is 0.0963. The van der Waals surface area contributed by atoms with Crippen molar-refractivity contribution in [2.24, 2.45) is 0 Å². The minimum atomic E-state index is -0.430. The molecule has 0 unspecified atom stereocenters. The first-order valence-electron chi connectivity index (χ1n) is 4.60. The zero-order valence-electron chi connectivity index (χ0n) is 8.46. The van der Waals surface area contributed by atoms with Gasteiger partial charge in [-0.3, -0.25) is 24.6 Å². The van der Waals surface area contributed by atoms with Crippen LogP contribution in [0.4, 0.5) is 0 Å². The lowest BCUT2D eigenvalue weighted by atomic mass is 10.1. The van der Waals surface area contributed by atoms with Gasteiger partial charge in [-0.2, -0.15) is 0 Å². The fourth-order valence-corrected chi connectivity index (χ4v) is 1.46. The third-order valence-corrected chi connectivity index (χ3v) is 2.29. The molecular weight excluding hydrogens is 210 g/mol. The van der Waals surface area contributed by atoms with Crippen LogP contribution in [0.15, 0.2) is 27.8 Å². The molecule has 1 amide bonds. The van der Waals surface area contributed by atoms with Gasteiger partial charge in [-0.25, -0.2) is 0 Å². The number of fused-ring (bicyclic) bond motifs is 1. The van der Waals surface area contributed by atoms with Gasteiger partial charge in [-0.15, -0.1) is 0 Å². The van der Waals surface area contributed by atoms with Crippen LogP contribution in [0.3, 0.4) is 0 Å². The molecule has 0 saturated heterocycles. The Kier molecular flexibility index (Phi) is 2.32. The maximum atomic E-state index is 11.4. The van der Waals surface area contributed by atoms with Gasteiger partial charge in [0.2, 0.25) is 0 Å². The van der Waals surface area contributed by atoms with Crippen molar-refractivity contribution in [3.63, 3.8) is 0 Å². The van der Waals surface area contributed by atoms with Gasteiger partial charge in [0.05, 0.1) is 10.8 Å².